The molecule has 2 saturated heterocycles. The molecule has 0 unspecified atom stereocenters. The number of hydrogen-bond acceptors (Lipinski definition) is 2. The summed E-state index contributed by atoms with van der Waals surface area (Å²) in [5.41, 5.74) is 0. The van der Waals surface area contributed by atoms with Crippen molar-refractivity contribution >= 4 is 0 Å². The van der Waals surface area contributed by atoms with Gasteiger partial charge in [0.15, 0.2) is 0 Å². The first-order valence-corrected chi connectivity index (χ1v) is 4.57. The Morgan fingerprint density at radius 3 is 2.91 bits per heavy atom. The Balaban J connectivity index is 2.05. The standard InChI is InChI=1S/C9H14N2/c10-7-9-5-4-8-3-1-2-6-11(8)9/h8-9H,1-6H2/t8-,9+/m0/s1. The molecule has 0 N–H and O–H groups in total. The predicted molar refractivity (Wildman–Crippen MR) is 43.0 cm³/mol. The second-order valence-electron chi connectivity index (χ2n) is 3.61. The Hall–Kier alpha value is -0.550. The molecular weight excluding hydrogens is 136 g/mol. The van der Waals surface area contributed by atoms with Crippen molar-refractivity contribution < 1.29 is 0 Å². The van der Waals surface area contributed by atoms with Gasteiger partial charge in [-0.2, -0.15) is 5.26 Å². The van der Waals surface area contributed by atoms with E-state index in [0.717, 1.165) is 12.5 Å². The summed E-state index contributed by atoms with van der Waals surface area (Å²) < 4.78 is 0. The Bertz CT molecular complexity index is 182. The van der Waals surface area contributed by atoms with Gasteiger partial charge in [-0.25, -0.2) is 0 Å². The zero-order valence-corrected chi connectivity index (χ0v) is 6.79. The average Bonchev–Trinajstić information content (AvgIpc) is 2.47. The first-order valence-electron chi connectivity index (χ1n) is 4.57. The maximum atomic E-state index is 8.81. The van der Waals surface area contributed by atoms with Crippen LogP contribution in [-0.2, 0) is 0 Å². The molecule has 2 aliphatic heterocycles. The molecule has 2 rings (SSSR count). The summed E-state index contributed by atoms with van der Waals surface area (Å²) in [6.45, 7) is 1.17. The monoisotopic (exact) mass is 150 g/mol. The lowest BCUT2D eigenvalue weighted by Gasteiger charge is -2.30. The third-order valence-electron chi connectivity index (χ3n) is 3.00. The lowest BCUT2D eigenvalue weighted by atomic mass is 10.0. The lowest BCUT2D eigenvalue weighted by molar-refractivity contribution is 0.173. The lowest BCUT2D eigenvalue weighted by Crippen LogP contribution is -2.38. The van der Waals surface area contributed by atoms with Gasteiger partial charge < -0.3 is 0 Å². The summed E-state index contributed by atoms with van der Waals surface area (Å²) in [5.74, 6) is 0. The second-order valence-corrected chi connectivity index (χ2v) is 3.61. The number of piperidine rings is 1. The Kier molecular flexibility index (Phi) is 1.83. The molecule has 2 fully saturated rings. The minimum atomic E-state index is 0.250. The van der Waals surface area contributed by atoms with Crippen molar-refractivity contribution in [2.75, 3.05) is 6.54 Å². The van der Waals surface area contributed by atoms with Gasteiger partial charge in [0, 0.05) is 6.04 Å². The molecule has 0 bridgehead atoms. The number of nitrogens with zero attached hydrogens (tertiary/aromatic N) is 2. The zero-order valence-electron chi connectivity index (χ0n) is 6.79. The van der Waals surface area contributed by atoms with Crippen LogP contribution in [0, 0.1) is 11.3 Å². The number of fused-ring (bicyclic) bond motifs is 1. The minimum absolute atomic E-state index is 0.250. The van der Waals surface area contributed by atoms with Crippen LogP contribution in [0.4, 0.5) is 0 Å². The fraction of sp³-hybridized carbons (Fsp3) is 0.889. The van der Waals surface area contributed by atoms with E-state index in [0.29, 0.717) is 0 Å². The number of hydrogen-bond donors (Lipinski definition) is 0. The van der Waals surface area contributed by atoms with Gasteiger partial charge in [0.1, 0.15) is 0 Å². The number of nitriles is 1. The summed E-state index contributed by atoms with van der Waals surface area (Å²) in [6.07, 6.45) is 6.38. The number of rotatable bonds is 0. The topological polar surface area (TPSA) is 27.0 Å². The van der Waals surface area contributed by atoms with E-state index in [1.165, 1.54) is 32.2 Å². The van der Waals surface area contributed by atoms with E-state index >= 15 is 0 Å². The molecule has 0 spiro atoms. The van der Waals surface area contributed by atoms with Gasteiger partial charge >= 0.3 is 0 Å². The van der Waals surface area contributed by atoms with Crippen molar-refractivity contribution in [1.29, 1.82) is 5.26 Å². The average molecular weight is 150 g/mol. The van der Waals surface area contributed by atoms with Crippen LogP contribution in [-0.4, -0.2) is 23.5 Å². The predicted octanol–water partition coefficient (Wildman–Crippen LogP) is 1.53. The molecule has 0 radical (unpaired) electrons. The van der Waals surface area contributed by atoms with Gasteiger partial charge in [0.05, 0.1) is 12.1 Å². The van der Waals surface area contributed by atoms with E-state index < -0.39 is 0 Å². The fourth-order valence-corrected chi connectivity index (χ4v) is 2.40. The third-order valence-corrected chi connectivity index (χ3v) is 3.00. The summed E-state index contributed by atoms with van der Waals surface area (Å²) in [7, 11) is 0. The molecular formula is C9H14N2. The highest BCUT2D eigenvalue weighted by atomic mass is 15.2. The van der Waals surface area contributed by atoms with Gasteiger partial charge in [0.25, 0.3) is 0 Å². The summed E-state index contributed by atoms with van der Waals surface area (Å²) in [6, 6.07) is 3.40. The van der Waals surface area contributed by atoms with Gasteiger partial charge in [-0.15, -0.1) is 0 Å². The first kappa shape index (κ1) is 7.12. The van der Waals surface area contributed by atoms with Crippen LogP contribution in [0.1, 0.15) is 32.1 Å². The van der Waals surface area contributed by atoms with Crippen molar-refractivity contribution in [3.05, 3.63) is 0 Å². The maximum absolute atomic E-state index is 8.81. The molecule has 2 nitrogen and oxygen atoms in total. The van der Waals surface area contributed by atoms with Crippen LogP contribution in [0.5, 0.6) is 0 Å². The van der Waals surface area contributed by atoms with E-state index in [9.17, 15) is 0 Å². The van der Waals surface area contributed by atoms with Gasteiger partial charge in [-0.05, 0) is 32.2 Å². The second kappa shape index (κ2) is 2.83. The summed E-state index contributed by atoms with van der Waals surface area (Å²) in [4.78, 5) is 2.41. The van der Waals surface area contributed by atoms with Crippen LogP contribution in [0.2, 0.25) is 0 Å². The molecule has 0 aliphatic carbocycles. The molecule has 0 amide bonds. The Morgan fingerprint density at radius 1 is 1.18 bits per heavy atom. The van der Waals surface area contributed by atoms with Crippen LogP contribution in [0.15, 0.2) is 0 Å². The van der Waals surface area contributed by atoms with Crippen molar-refractivity contribution in [1.82, 2.24) is 4.90 Å². The minimum Gasteiger partial charge on any atom is -0.285 e. The molecule has 60 valence electrons. The third kappa shape index (κ3) is 1.14. The fourth-order valence-electron chi connectivity index (χ4n) is 2.40. The zero-order chi connectivity index (χ0) is 7.68. The van der Waals surface area contributed by atoms with E-state index in [1.54, 1.807) is 0 Å². The normalized spacial score (nSPS) is 38.1. The molecule has 11 heavy (non-hydrogen) atoms. The molecule has 2 heterocycles. The van der Waals surface area contributed by atoms with Gasteiger partial charge in [0.2, 0.25) is 0 Å². The highest BCUT2D eigenvalue weighted by Crippen LogP contribution is 2.30. The molecule has 0 aromatic heterocycles. The maximum Gasteiger partial charge on any atom is 0.0980 e. The summed E-state index contributed by atoms with van der Waals surface area (Å²) in [5, 5.41) is 8.81. The van der Waals surface area contributed by atoms with Crippen LogP contribution < -0.4 is 0 Å². The largest absolute Gasteiger partial charge is 0.285 e. The molecule has 0 aromatic carbocycles. The van der Waals surface area contributed by atoms with Crippen molar-refractivity contribution in [3.63, 3.8) is 0 Å². The summed E-state index contributed by atoms with van der Waals surface area (Å²) >= 11 is 0. The SMILES string of the molecule is N#C[C@H]1CC[C@@H]2CCCCN21. The van der Waals surface area contributed by atoms with Crippen LogP contribution in [0.25, 0.3) is 0 Å². The van der Waals surface area contributed by atoms with Crippen molar-refractivity contribution in [2.24, 2.45) is 0 Å². The highest BCUT2D eigenvalue weighted by Gasteiger charge is 2.34. The molecule has 2 atom stereocenters. The van der Waals surface area contributed by atoms with E-state index in [2.05, 4.69) is 11.0 Å². The van der Waals surface area contributed by atoms with Crippen LogP contribution >= 0.6 is 0 Å². The molecule has 2 aliphatic rings. The Labute approximate surface area is 67.8 Å². The van der Waals surface area contributed by atoms with Gasteiger partial charge in [-0.3, -0.25) is 4.90 Å². The van der Waals surface area contributed by atoms with E-state index in [-0.39, 0.29) is 6.04 Å². The first-order chi connectivity index (χ1) is 5.42. The van der Waals surface area contributed by atoms with Crippen molar-refractivity contribution in [2.45, 2.75) is 44.2 Å². The van der Waals surface area contributed by atoms with E-state index in [1.807, 2.05) is 0 Å². The smallest absolute Gasteiger partial charge is 0.0980 e. The molecule has 2 heteroatoms. The quantitative estimate of drug-likeness (QED) is 0.523. The van der Waals surface area contributed by atoms with Crippen molar-refractivity contribution in [3.8, 4) is 6.07 Å². The highest BCUT2D eigenvalue weighted by molar-refractivity contribution is 5.01. The molecule has 0 aromatic rings. The van der Waals surface area contributed by atoms with Gasteiger partial charge in [-0.1, -0.05) is 6.42 Å². The van der Waals surface area contributed by atoms with Crippen LogP contribution in [0.3, 0.4) is 0 Å². The Morgan fingerprint density at radius 2 is 2.09 bits per heavy atom. The molecule has 0 saturated carbocycles. The van der Waals surface area contributed by atoms with E-state index in [4.69, 9.17) is 5.26 Å².